The van der Waals surface area contributed by atoms with Crippen LogP contribution in [0.2, 0.25) is 0 Å². The molecule has 1 saturated heterocycles. The quantitative estimate of drug-likeness (QED) is 0.359. The molecule has 0 spiro atoms. The first-order valence-corrected chi connectivity index (χ1v) is 12.0. The molecule has 34 heavy (non-hydrogen) atoms. The lowest BCUT2D eigenvalue weighted by molar-refractivity contribution is 0.223. The first kappa shape index (κ1) is 22.6. The van der Waals surface area contributed by atoms with E-state index in [1.807, 2.05) is 12.1 Å². The number of fused-ring (bicyclic) bond motifs is 1. The molecule has 0 unspecified atom stereocenters. The maximum absolute atomic E-state index is 13.2. The highest BCUT2D eigenvalue weighted by Crippen LogP contribution is 2.28. The van der Waals surface area contributed by atoms with Gasteiger partial charge in [0.2, 0.25) is 0 Å². The van der Waals surface area contributed by atoms with E-state index < -0.39 is 0 Å². The van der Waals surface area contributed by atoms with Crippen molar-refractivity contribution in [3.05, 3.63) is 84.4 Å². The van der Waals surface area contributed by atoms with Crippen LogP contribution in [-0.2, 0) is 6.54 Å². The number of anilines is 1. The summed E-state index contributed by atoms with van der Waals surface area (Å²) in [5.74, 6) is 0.708. The third kappa shape index (κ3) is 5.29. The van der Waals surface area contributed by atoms with E-state index in [1.165, 1.54) is 22.9 Å². The Hall–Kier alpha value is -3.22. The van der Waals surface area contributed by atoms with Crippen molar-refractivity contribution in [2.45, 2.75) is 13.0 Å². The van der Waals surface area contributed by atoms with Crippen LogP contribution in [0.25, 0.3) is 22.0 Å². The maximum Gasteiger partial charge on any atom is 0.151 e. The van der Waals surface area contributed by atoms with Gasteiger partial charge in [-0.3, -0.25) is 9.80 Å². The second-order valence-electron chi connectivity index (χ2n) is 9.10. The van der Waals surface area contributed by atoms with Crippen molar-refractivity contribution in [2.75, 3.05) is 51.2 Å². The van der Waals surface area contributed by atoms with Crippen molar-refractivity contribution in [3.8, 4) is 11.3 Å². The van der Waals surface area contributed by atoms with Gasteiger partial charge in [0.15, 0.2) is 5.76 Å². The lowest BCUT2D eigenvalue weighted by Gasteiger charge is -2.36. The lowest BCUT2D eigenvalue weighted by atomic mass is 10.0. The Bertz CT molecular complexity index is 1210. The van der Waals surface area contributed by atoms with Crippen LogP contribution in [0.5, 0.6) is 0 Å². The number of hydrogen-bond acceptors (Lipinski definition) is 5. The van der Waals surface area contributed by atoms with E-state index in [4.69, 9.17) is 4.52 Å². The van der Waals surface area contributed by atoms with E-state index in [0.29, 0.717) is 0 Å². The van der Waals surface area contributed by atoms with Gasteiger partial charge in [-0.2, -0.15) is 0 Å². The fraction of sp³-hybridized carbons (Fsp3) is 0.321. The lowest BCUT2D eigenvalue weighted by Crippen LogP contribution is -2.47. The summed E-state index contributed by atoms with van der Waals surface area (Å²) in [5, 5.41) is 6.75. The maximum atomic E-state index is 13.2. The van der Waals surface area contributed by atoms with Crippen LogP contribution in [0.1, 0.15) is 12.2 Å². The van der Waals surface area contributed by atoms with E-state index in [0.717, 1.165) is 74.9 Å². The number of aromatic nitrogens is 1. The molecule has 0 bridgehead atoms. The molecule has 0 radical (unpaired) electrons. The zero-order valence-corrected chi connectivity index (χ0v) is 19.7. The SMILES string of the molecule is CN(CCCN1CCN(c2ccc(F)cc2)CC1)Cc1cc(-c2cccc3ccccc23)no1. The molecule has 6 heteroatoms. The Kier molecular flexibility index (Phi) is 6.88. The highest BCUT2D eigenvalue weighted by molar-refractivity contribution is 5.95. The highest BCUT2D eigenvalue weighted by atomic mass is 19.1. The molecule has 1 aliphatic rings. The highest BCUT2D eigenvalue weighted by Gasteiger charge is 2.17. The predicted octanol–water partition coefficient (Wildman–Crippen LogP) is 5.28. The number of benzene rings is 3. The fourth-order valence-corrected chi connectivity index (χ4v) is 4.75. The molecule has 4 aromatic rings. The Morgan fingerprint density at radius 1 is 0.941 bits per heavy atom. The average molecular weight is 459 g/mol. The molecule has 0 atom stereocenters. The Morgan fingerprint density at radius 3 is 2.53 bits per heavy atom. The minimum atomic E-state index is -0.179. The normalized spacial score (nSPS) is 14.9. The van der Waals surface area contributed by atoms with Crippen molar-refractivity contribution >= 4 is 16.5 Å². The van der Waals surface area contributed by atoms with Gasteiger partial charge in [0.1, 0.15) is 11.5 Å². The second kappa shape index (κ2) is 10.4. The molecular formula is C28H31FN4O. The summed E-state index contributed by atoms with van der Waals surface area (Å²) >= 11 is 0. The van der Waals surface area contributed by atoms with Gasteiger partial charge in [-0.1, -0.05) is 47.6 Å². The van der Waals surface area contributed by atoms with E-state index in [1.54, 1.807) is 0 Å². The van der Waals surface area contributed by atoms with Crippen LogP contribution in [0.4, 0.5) is 10.1 Å². The van der Waals surface area contributed by atoms with Gasteiger partial charge in [0, 0.05) is 43.5 Å². The molecule has 1 aromatic heterocycles. The smallest absolute Gasteiger partial charge is 0.151 e. The minimum absolute atomic E-state index is 0.179. The monoisotopic (exact) mass is 458 g/mol. The van der Waals surface area contributed by atoms with Crippen molar-refractivity contribution in [1.29, 1.82) is 0 Å². The van der Waals surface area contributed by atoms with Crippen LogP contribution >= 0.6 is 0 Å². The topological polar surface area (TPSA) is 35.8 Å². The zero-order valence-electron chi connectivity index (χ0n) is 19.7. The molecule has 2 heterocycles. The van der Waals surface area contributed by atoms with E-state index in [-0.39, 0.29) is 5.82 Å². The summed E-state index contributed by atoms with van der Waals surface area (Å²) in [5.41, 5.74) is 3.10. The molecule has 1 fully saturated rings. The van der Waals surface area contributed by atoms with Crippen LogP contribution in [-0.4, -0.2) is 61.3 Å². The van der Waals surface area contributed by atoms with E-state index in [2.05, 4.69) is 75.4 Å². The van der Waals surface area contributed by atoms with Gasteiger partial charge in [-0.25, -0.2) is 4.39 Å². The van der Waals surface area contributed by atoms with Gasteiger partial charge < -0.3 is 9.42 Å². The molecule has 0 saturated carbocycles. The molecular weight excluding hydrogens is 427 g/mol. The first-order chi connectivity index (χ1) is 16.7. The summed E-state index contributed by atoms with van der Waals surface area (Å²) in [6, 6.07) is 23.5. The predicted molar refractivity (Wildman–Crippen MR) is 135 cm³/mol. The summed E-state index contributed by atoms with van der Waals surface area (Å²) in [7, 11) is 2.13. The molecule has 1 aliphatic heterocycles. The standard InChI is InChI=1S/C28H31FN4O/c1-31(14-5-15-32-16-18-33(19-17-32)24-12-10-23(29)11-13-24)21-25-20-28(30-34-25)27-9-4-7-22-6-2-3-8-26(22)27/h2-4,6-13,20H,5,14-19,21H2,1H3. The first-order valence-electron chi connectivity index (χ1n) is 12.0. The third-order valence-corrected chi connectivity index (χ3v) is 6.63. The Labute approximate surface area is 200 Å². The Balaban J connectivity index is 1.08. The Morgan fingerprint density at radius 2 is 1.71 bits per heavy atom. The molecule has 5 nitrogen and oxygen atoms in total. The fourth-order valence-electron chi connectivity index (χ4n) is 4.75. The number of hydrogen-bond donors (Lipinski definition) is 0. The number of halogens is 1. The minimum Gasteiger partial charge on any atom is -0.369 e. The zero-order chi connectivity index (χ0) is 23.3. The molecule has 0 amide bonds. The summed E-state index contributed by atoms with van der Waals surface area (Å²) in [6.07, 6.45) is 1.11. The number of rotatable bonds is 8. The van der Waals surface area contributed by atoms with Gasteiger partial charge in [-0.15, -0.1) is 0 Å². The number of piperazine rings is 1. The van der Waals surface area contributed by atoms with E-state index in [9.17, 15) is 4.39 Å². The van der Waals surface area contributed by atoms with Gasteiger partial charge >= 0.3 is 0 Å². The van der Waals surface area contributed by atoms with Gasteiger partial charge in [0.25, 0.3) is 0 Å². The van der Waals surface area contributed by atoms with Gasteiger partial charge in [-0.05, 0) is 61.6 Å². The molecule has 0 aliphatic carbocycles. The number of nitrogens with zero attached hydrogens (tertiary/aromatic N) is 4. The van der Waals surface area contributed by atoms with E-state index >= 15 is 0 Å². The van der Waals surface area contributed by atoms with Crippen molar-refractivity contribution in [2.24, 2.45) is 0 Å². The molecule has 3 aromatic carbocycles. The van der Waals surface area contributed by atoms with Crippen molar-refractivity contribution < 1.29 is 8.91 Å². The molecule has 5 rings (SSSR count). The van der Waals surface area contributed by atoms with Crippen LogP contribution in [0.15, 0.2) is 77.3 Å². The second-order valence-corrected chi connectivity index (χ2v) is 9.10. The van der Waals surface area contributed by atoms with Gasteiger partial charge in [0.05, 0.1) is 6.54 Å². The van der Waals surface area contributed by atoms with Crippen LogP contribution < -0.4 is 4.90 Å². The average Bonchev–Trinajstić information content (AvgIpc) is 3.33. The summed E-state index contributed by atoms with van der Waals surface area (Å²) in [4.78, 5) is 7.14. The summed E-state index contributed by atoms with van der Waals surface area (Å²) in [6.45, 7) is 6.87. The van der Waals surface area contributed by atoms with Crippen molar-refractivity contribution in [3.63, 3.8) is 0 Å². The largest absolute Gasteiger partial charge is 0.369 e. The molecule has 176 valence electrons. The van der Waals surface area contributed by atoms with Crippen LogP contribution in [0, 0.1) is 5.82 Å². The third-order valence-electron chi connectivity index (χ3n) is 6.63. The summed E-state index contributed by atoms with van der Waals surface area (Å²) < 4.78 is 18.8. The molecule has 0 N–H and O–H groups in total. The van der Waals surface area contributed by atoms with Crippen molar-refractivity contribution in [1.82, 2.24) is 15.0 Å². The van der Waals surface area contributed by atoms with Crippen LogP contribution in [0.3, 0.4) is 0 Å².